The molecule has 1 saturated carbocycles. The van der Waals surface area contributed by atoms with Crippen LogP contribution in [-0.2, 0) is 16.0 Å². The van der Waals surface area contributed by atoms with Gasteiger partial charge in [-0.2, -0.15) is 4.98 Å². The average molecular weight is 418 g/mol. The standard InChI is InChI=1S/C24H26N4O3/c25-22(30)18-14-19(24-27-23(28-31-24)17-11-5-2-6-12-17)20(15-18)26-21(29)13-7-10-16-8-3-1-4-9-16/h1-6,8-9,11-12,18-20H,7,10,13-15H2,(H2,25,30)(H,26,29)/t18-,19-,20+/m1/s1. The molecule has 1 fully saturated rings. The Bertz CT molecular complexity index is 1020. The second-order valence-corrected chi connectivity index (χ2v) is 8.01. The second kappa shape index (κ2) is 9.55. The molecule has 1 aliphatic carbocycles. The van der Waals surface area contributed by atoms with Crippen molar-refractivity contribution in [1.29, 1.82) is 0 Å². The van der Waals surface area contributed by atoms with E-state index in [2.05, 4.69) is 27.6 Å². The molecule has 3 atom stereocenters. The van der Waals surface area contributed by atoms with E-state index in [0.717, 1.165) is 18.4 Å². The number of nitrogens with two attached hydrogens (primary N) is 1. The number of carbonyl (C=O) groups excluding carboxylic acids is 2. The molecule has 0 saturated heterocycles. The zero-order valence-electron chi connectivity index (χ0n) is 17.2. The Balaban J connectivity index is 1.40. The molecule has 2 aromatic carbocycles. The average Bonchev–Trinajstić information content (AvgIpc) is 3.42. The molecule has 1 aliphatic rings. The highest BCUT2D eigenvalue weighted by Gasteiger charge is 2.41. The first-order valence-electron chi connectivity index (χ1n) is 10.6. The second-order valence-electron chi connectivity index (χ2n) is 8.01. The number of aromatic nitrogens is 2. The first-order chi connectivity index (χ1) is 15.1. The summed E-state index contributed by atoms with van der Waals surface area (Å²) in [6.45, 7) is 0. The van der Waals surface area contributed by atoms with Gasteiger partial charge >= 0.3 is 0 Å². The minimum atomic E-state index is -0.367. The number of benzene rings is 2. The van der Waals surface area contributed by atoms with E-state index >= 15 is 0 Å². The van der Waals surface area contributed by atoms with Crippen LogP contribution in [0.4, 0.5) is 0 Å². The van der Waals surface area contributed by atoms with Gasteiger partial charge in [0.25, 0.3) is 0 Å². The van der Waals surface area contributed by atoms with Crippen LogP contribution in [0.3, 0.4) is 0 Å². The molecule has 0 bridgehead atoms. The fraction of sp³-hybridized carbons (Fsp3) is 0.333. The van der Waals surface area contributed by atoms with Crippen LogP contribution in [0.25, 0.3) is 11.4 Å². The van der Waals surface area contributed by atoms with Gasteiger partial charge in [-0.05, 0) is 31.2 Å². The smallest absolute Gasteiger partial charge is 0.232 e. The number of nitrogens with one attached hydrogen (secondary N) is 1. The lowest BCUT2D eigenvalue weighted by molar-refractivity contribution is -0.123. The Labute approximate surface area is 181 Å². The fourth-order valence-electron chi connectivity index (χ4n) is 4.17. The number of hydrogen-bond donors (Lipinski definition) is 2. The monoisotopic (exact) mass is 418 g/mol. The predicted molar refractivity (Wildman–Crippen MR) is 116 cm³/mol. The number of primary amides is 1. The van der Waals surface area contributed by atoms with Crippen molar-refractivity contribution in [2.24, 2.45) is 11.7 Å². The molecule has 0 unspecified atom stereocenters. The number of amides is 2. The molecule has 0 aliphatic heterocycles. The van der Waals surface area contributed by atoms with Crippen molar-refractivity contribution in [2.45, 2.75) is 44.1 Å². The molecule has 160 valence electrons. The van der Waals surface area contributed by atoms with Crippen LogP contribution in [0, 0.1) is 5.92 Å². The van der Waals surface area contributed by atoms with Gasteiger partial charge in [-0.15, -0.1) is 0 Å². The van der Waals surface area contributed by atoms with Gasteiger partial charge in [-0.3, -0.25) is 9.59 Å². The minimum absolute atomic E-state index is 0.0427. The van der Waals surface area contributed by atoms with E-state index < -0.39 is 0 Å². The van der Waals surface area contributed by atoms with Crippen molar-refractivity contribution in [3.05, 3.63) is 72.1 Å². The van der Waals surface area contributed by atoms with E-state index in [1.54, 1.807) is 0 Å². The summed E-state index contributed by atoms with van der Waals surface area (Å²) in [5.41, 5.74) is 7.61. The number of nitrogens with zero attached hydrogens (tertiary/aromatic N) is 2. The molecule has 7 nitrogen and oxygen atoms in total. The number of rotatable bonds is 8. The maximum Gasteiger partial charge on any atom is 0.232 e. The lowest BCUT2D eigenvalue weighted by atomic mass is 10.0. The minimum Gasteiger partial charge on any atom is -0.369 e. The molecule has 1 heterocycles. The molecule has 0 spiro atoms. The zero-order valence-corrected chi connectivity index (χ0v) is 17.2. The highest BCUT2D eigenvalue weighted by Crippen LogP contribution is 2.38. The molecule has 4 rings (SSSR count). The summed E-state index contributed by atoms with van der Waals surface area (Å²) in [4.78, 5) is 28.9. The van der Waals surface area contributed by atoms with Gasteiger partial charge in [-0.1, -0.05) is 65.8 Å². The van der Waals surface area contributed by atoms with E-state index in [4.69, 9.17) is 10.3 Å². The zero-order chi connectivity index (χ0) is 21.6. The van der Waals surface area contributed by atoms with Gasteiger partial charge in [0, 0.05) is 23.9 Å². The molecule has 3 aromatic rings. The Morgan fingerprint density at radius 2 is 1.74 bits per heavy atom. The van der Waals surface area contributed by atoms with Gasteiger partial charge in [-0.25, -0.2) is 0 Å². The lowest BCUT2D eigenvalue weighted by Gasteiger charge is -2.18. The highest BCUT2D eigenvalue weighted by molar-refractivity contribution is 5.79. The van der Waals surface area contributed by atoms with Gasteiger partial charge in [0.2, 0.25) is 23.5 Å². The molecule has 7 heteroatoms. The van der Waals surface area contributed by atoms with Crippen LogP contribution < -0.4 is 11.1 Å². The molecule has 0 radical (unpaired) electrons. The van der Waals surface area contributed by atoms with E-state index in [-0.39, 0.29) is 29.7 Å². The summed E-state index contributed by atoms with van der Waals surface area (Å²) in [7, 11) is 0. The van der Waals surface area contributed by atoms with Gasteiger partial charge in [0.15, 0.2) is 0 Å². The Hall–Kier alpha value is -3.48. The maximum atomic E-state index is 12.6. The van der Waals surface area contributed by atoms with Crippen molar-refractivity contribution in [3.63, 3.8) is 0 Å². The van der Waals surface area contributed by atoms with E-state index in [1.807, 2.05) is 48.5 Å². The SMILES string of the molecule is NC(=O)[C@H]1C[C@H](NC(=O)CCCc2ccccc2)[C@H](c2nc(-c3ccccc3)no2)C1. The molecule has 31 heavy (non-hydrogen) atoms. The largest absolute Gasteiger partial charge is 0.369 e. The molecular weight excluding hydrogens is 392 g/mol. The molecule has 2 amide bonds. The van der Waals surface area contributed by atoms with Crippen LogP contribution in [0.1, 0.15) is 43.1 Å². The fourth-order valence-corrected chi connectivity index (χ4v) is 4.17. The third-order valence-electron chi connectivity index (χ3n) is 5.81. The maximum absolute atomic E-state index is 12.6. The number of carbonyl (C=O) groups is 2. The predicted octanol–water partition coefficient (Wildman–Crippen LogP) is 3.22. The van der Waals surface area contributed by atoms with Gasteiger partial charge in [0.1, 0.15) is 0 Å². The summed E-state index contributed by atoms with van der Waals surface area (Å²) in [5.74, 6) is -0.0528. The third-order valence-corrected chi connectivity index (χ3v) is 5.81. The first kappa shape index (κ1) is 20.8. The Morgan fingerprint density at radius 3 is 2.45 bits per heavy atom. The van der Waals surface area contributed by atoms with Crippen molar-refractivity contribution in [1.82, 2.24) is 15.5 Å². The van der Waals surface area contributed by atoms with Crippen LogP contribution in [0.5, 0.6) is 0 Å². The highest BCUT2D eigenvalue weighted by atomic mass is 16.5. The van der Waals surface area contributed by atoms with E-state index in [1.165, 1.54) is 5.56 Å². The lowest BCUT2D eigenvalue weighted by Crippen LogP contribution is -2.37. The summed E-state index contributed by atoms with van der Waals surface area (Å²) in [6.07, 6.45) is 2.98. The first-order valence-corrected chi connectivity index (χ1v) is 10.6. The van der Waals surface area contributed by atoms with E-state index in [0.29, 0.717) is 31.0 Å². The van der Waals surface area contributed by atoms with Crippen molar-refractivity contribution < 1.29 is 14.1 Å². The molecular formula is C24H26N4O3. The topological polar surface area (TPSA) is 111 Å². The van der Waals surface area contributed by atoms with E-state index in [9.17, 15) is 9.59 Å². The van der Waals surface area contributed by atoms with Gasteiger partial charge in [0.05, 0.1) is 5.92 Å². The third kappa shape index (κ3) is 5.17. The normalized spacial score (nSPS) is 20.5. The van der Waals surface area contributed by atoms with Gasteiger partial charge < -0.3 is 15.6 Å². The summed E-state index contributed by atoms with van der Waals surface area (Å²) >= 11 is 0. The number of aryl methyl sites for hydroxylation is 1. The summed E-state index contributed by atoms with van der Waals surface area (Å²) < 4.78 is 5.52. The molecule has 3 N–H and O–H groups in total. The summed E-state index contributed by atoms with van der Waals surface area (Å²) in [6, 6.07) is 19.4. The van der Waals surface area contributed by atoms with Crippen LogP contribution in [0.2, 0.25) is 0 Å². The quantitative estimate of drug-likeness (QED) is 0.583. The van der Waals surface area contributed by atoms with Crippen molar-refractivity contribution >= 4 is 11.8 Å². The van der Waals surface area contributed by atoms with Crippen molar-refractivity contribution in [2.75, 3.05) is 0 Å². The Morgan fingerprint density at radius 1 is 1.03 bits per heavy atom. The molecule has 1 aromatic heterocycles. The van der Waals surface area contributed by atoms with Crippen molar-refractivity contribution in [3.8, 4) is 11.4 Å². The van der Waals surface area contributed by atoms with Crippen LogP contribution in [-0.4, -0.2) is 28.0 Å². The number of hydrogen-bond acceptors (Lipinski definition) is 5. The van der Waals surface area contributed by atoms with Crippen LogP contribution in [0.15, 0.2) is 65.2 Å². The Kier molecular flexibility index (Phi) is 6.40. The summed E-state index contributed by atoms with van der Waals surface area (Å²) in [5, 5.41) is 7.16. The van der Waals surface area contributed by atoms with Crippen LogP contribution >= 0.6 is 0 Å².